The second-order valence-electron chi connectivity index (χ2n) is 5.32. The Hall–Kier alpha value is -1.84. The van der Waals surface area contributed by atoms with Crippen LogP contribution in [-0.2, 0) is 22.6 Å². The van der Waals surface area contributed by atoms with Crippen LogP contribution in [0, 0.1) is 6.92 Å². The number of hydrogen-bond donors (Lipinski definition) is 1. The van der Waals surface area contributed by atoms with E-state index in [-0.39, 0.29) is 6.10 Å². The first kappa shape index (κ1) is 15.1. The van der Waals surface area contributed by atoms with E-state index in [0.29, 0.717) is 19.8 Å². The van der Waals surface area contributed by atoms with Crippen LogP contribution in [0.25, 0.3) is 0 Å². The van der Waals surface area contributed by atoms with Crippen LogP contribution in [-0.4, -0.2) is 68.5 Å². The van der Waals surface area contributed by atoms with E-state index in [1.54, 1.807) is 18.1 Å². The minimum Gasteiger partial charge on any atom is -0.383 e. The average molecular weight is 307 g/mol. The summed E-state index contributed by atoms with van der Waals surface area (Å²) in [5, 5.41) is 11.9. The van der Waals surface area contributed by atoms with Crippen molar-refractivity contribution in [1.29, 1.82) is 0 Å². The molecule has 22 heavy (non-hydrogen) atoms. The van der Waals surface area contributed by atoms with Crippen molar-refractivity contribution in [3.8, 4) is 0 Å². The maximum atomic E-state index is 5.85. The first-order chi connectivity index (χ1) is 10.8. The smallest absolute Gasteiger partial charge is 0.181 e. The lowest BCUT2D eigenvalue weighted by Gasteiger charge is -2.31. The van der Waals surface area contributed by atoms with Crippen LogP contribution >= 0.6 is 0 Å². The molecule has 0 radical (unpaired) electrons. The summed E-state index contributed by atoms with van der Waals surface area (Å²) < 4.78 is 12.7. The topological polar surface area (TPSA) is 94.0 Å². The zero-order chi connectivity index (χ0) is 15.4. The van der Waals surface area contributed by atoms with Crippen molar-refractivity contribution in [2.75, 3.05) is 33.4 Å². The Morgan fingerprint density at radius 2 is 2.41 bits per heavy atom. The maximum absolute atomic E-state index is 5.85. The molecule has 3 rings (SSSR count). The number of aromatic nitrogens is 6. The molecule has 0 aliphatic carbocycles. The Balaban J connectivity index is 1.65. The van der Waals surface area contributed by atoms with E-state index in [1.807, 2.05) is 6.92 Å². The lowest BCUT2D eigenvalue weighted by atomic mass is 10.2. The van der Waals surface area contributed by atoms with E-state index in [1.165, 1.54) is 0 Å². The zero-order valence-corrected chi connectivity index (χ0v) is 12.9. The Morgan fingerprint density at radius 3 is 3.18 bits per heavy atom. The normalized spacial score (nSPS) is 19.6. The fourth-order valence-electron chi connectivity index (χ4n) is 2.54. The molecule has 3 heterocycles. The molecule has 1 atom stereocenters. The summed E-state index contributed by atoms with van der Waals surface area (Å²) >= 11 is 0. The monoisotopic (exact) mass is 307 g/mol. The van der Waals surface area contributed by atoms with Crippen LogP contribution in [0.2, 0.25) is 0 Å². The van der Waals surface area contributed by atoms with Gasteiger partial charge in [0.1, 0.15) is 6.10 Å². The second-order valence-corrected chi connectivity index (χ2v) is 5.32. The Bertz CT molecular complexity index is 597. The number of aromatic amines is 1. The van der Waals surface area contributed by atoms with Gasteiger partial charge >= 0.3 is 0 Å². The van der Waals surface area contributed by atoms with Gasteiger partial charge in [0.2, 0.25) is 0 Å². The Morgan fingerprint density at radius 1 is 1.50 bits per heavy atom. The highest BCUT2D eigenvalue weighted by Gasteiger charge is 2.27. The number of nitrogens with one attached hydrogen (secondary N) is 1. The molecule has 1 aliphatic heterocycles. The summed E-state index contributed by atoms with van der Waals surface area (Å²) in [4.78, 5) is 9.78. The number of methoxy groups -OCH3 is 1. The summed E-state index contributed by atoms with van der Waals surface area (Å²) in [7, 11) is 1.66. The quantitative estimate of drug-likeness (QED) is 0.798. The third-order valence-corrected chi connectivity index (χ3v) is 3.81. The van der Waals surface area contributed by atoms with Crippen LogP contribution < -0.4 is 0 Å². The number of rotatable bonds is 6. The fraction of sp³-hybridized carbons (Fsp3) is 0.692. The van der Waals surface area contributed by atoms with Crippen molar-refractivity contribution >= 4 is 0 Å². The van der Waals surface area contributed by atoms with Crippen molar-refractivity contribution < 1.29 is 9.47 Å². The van der Waals surface area contributed by atoms with E-state index < -0.39 is 0 Å². The first-order valence-corrected chi connectivity index (χ1v) is 7.35. The molecule has 1 aliphatic rings. The third-order valence-electron chi connectivity index (χ3n) is 3.81. The Kier molecular flexibility index (Phi) is 4.76. The van der Waals surface area contributed by atoms with Crippen molar-refractivity contribution in [2.24, 2.45) is 0 Å². The first-order valence-electron chi connectivity index (χ1n) is 7.35. The summed E-state index contributed by atoms with van der Waals surface area (Å²) in [6.07, 6.45) is 1.60. The number of morpholine rings is 1. The molecule has 0 saturated carbocycles. The van der Waals surface area contributed by atoms with Gasteiger partial charge in [-0.05, 0) is 17.4 Å². The molecule has 0 spiro atoms. The molecule has 120 valence electrons. The number of hydrogen-bond acceptors (Lipinski definition) is 7. The number of H-pyrrole nitrogens is 1. The summed E-state index contributed by atoms with van der Waals surface area (Å²) in [6.45, 7) is 6.31. The number of nitrogens with zero attached hydrogens (tertiary/aromatic N) is 6. The minimum atomic E-state index is -0.125. The van der Waals surface area contributed by atoms with Crippen LogP contribution in [0.4, 0.5) is 0 Å². The molecular formula is C13H21N7O2. The zero-order valence-electron chi connectivity index (χ0n) is 12.9. The third kappa shape index (κ3) is 3.32. The standard InChI is InChI=1S/C13H21N7O2/c1-10-11(15-9-14-10)7-19-3-6-22-12(8-19)13-16-17-18-20(13)4-5-21-2/h9,12H,3-8H2,1-2H3,(H,14,15)/t12-/m0/s1. The highest BCUT2D eigenvalue weighted by atomic mass is 16.5. The van der Waals surface area contributed by atoms with Crippen LogP contribution in [0.1, 0.15) is 23.3 Å². The Labute approximate surface area is 128 Å². The lowest BCUT2D eigenvalue weighted by Crippen LogP contribution is -2.39. The van der Waals surface area contributed by atoms with E-state index in [2.05, 4.69) is 30.4 Å². The van der Waals surface area contributed by atoms with Gasteiger partial charge in [-0.15, -0.1) is 5.10 Å². The van der Waals surface area contributed by atoms with Gasteiger partial charge in [0, 0.05) is 32.4 Å². The largest absolute Gasteiger partial charge is 0.383 e. The number of tetrazole rings is 1. The predicted octanol–water partition coefficient (Wildman–Crippen LogP) is -0.0755. The van der Waals surface area contributed by atoms with E-state index in [4.69, 9.17) is 9.47 Å². The molecule has 0 unspecified atom stereocenters. The maximum Gasteiger partial charge on any atom is 0.181 e. The number of imidazole rings is 1. The van der Waals surface area contributed by atoms with Gasteiger partial charge in [0.25, 0.3) is 0 Å². The summed E-state index contributed by atoms with van der Waals surface area (Å²) in [6, 6.07) is 0. The fourth-order valence-corrected chi connectivity index (χ4v) is 2.54. The molecule has 2 aromatic heterocycles. The molecule has 0 amide bonds. The van der Waals surface area contributed by atoms with Gasteiger partial charge < -0.3 is 14.5 Å². The molecule has 1 saturated heterocycles. The summed E-state index contributed by atoms with van der Waals surface area (Å²) in [5.41, 5.74) is 2.17. The van der Waals surface area contributed by atoms with Crippen LogP contribution in [0.3, 0.4) is 0 Å². The van der Waals surface area contributed by atoms with Gasteiger partial charge in [-0.1, -0.05) is 0 Å². The molecule has 9 nitrogen and oxygen atoms in total. The average Bonchev–Trinajstić information content (AvgIpc) is 3.15. The lowest BCUT2D eigenvalue weighted by molar-refractivity contribution is -0.0400. The van der Waals surface area contributed by atoms with Crippen molar-refractivity contribution in [3.63, 3.8) is 0 Å². The second kappa shape index (κ2) is 6.95. The van der Waals surface area contributed by atoms with Gasteiger partial charge in [-0.2, -0.15) is 0 Å². The van der Waals surface area contributed by atoms with Crippen LogP contribution in [0.15, 0.2) is 6.33 Å². The van der Waals surface area contributed by atoms with Gasteiger partial charge in [-0.25, -0.2) is 9.67 Å². The van der Waals surface area contributed by atoms with E-state index in [0.717, 1.165) is 36.8 Å². The molecular weight excluding hydrogens is 286 g/mol. The SMILES string of the molecule is COCCn1nnnc1[C@@H]1CN(Cc2nc[nH]c2C)CCO1. The van der Waals surface area contributed by atoms with Gasteiger partial charge in [0.15, 0.2) is 5.82 Å². The van der Waals surface area contributed by atoms with E-state index >= 15 is 0 Å². The number of ether oxygens (including phenoxy) is 2. The van der Waals surface area contributed by atoms with Gasteiger partial charge in [0.05, 0.1) is 31.8 Å². The molecule has 0 bridgehead atoms. The number of aryl methyl sites for hydroxylation is 1. The minimum absolute atomic E-state index is 0.125. The highest BCUT2D eigenvalue weighted by molar-refractivity contribution is 5.08. The van der Waals surface area contributed by atoms with Crippen molar-refractivity contribution in [1.82, 2.24) is 35.1 Å². The van der Waals surface area contributed by atoms with E-state index in [9.17, 15) is 0 Å². The predicted molar refractivity (Wildman–Crippen MR) is 77.0 cm³/mol. The molecule has 0 aromatic carbocycles. The van der Waals surface area contributed by atoms with Gasteiger partial charge in [-0.3, -0.25) is 4.90 Å². The van der Waals surface area contributed by atoms with Crippen LogP contribution in [0.5, 0.6) is 0 Å². The molecule has 1 fully saturated rings. The van der Waals surface area contributed by atoms with Crippen molar-refractivity contribution in [3.05, 3.63) is 23.5 Å². The molecule has 1 N–H and O–H groups in total. The van der Waals surface area contributed by atoms with Crippen molar-refractivity contribution in [2.45, 2.75) is 26.1 Å². The highest BCUT2D eigenvalue weighted by Crippen LogP contribution is 2.21. The molecule has 9 heteroatoms. The summed E-state index contributed by atoms with van der Waals surface area (Å²) in [5.74, 6) is 0.750. The molecule has 2 aromatic rings.